The number of nitrogens with zero attached hydrogens (tertiary/aromatic N) is 2. The highest BCUT2D eigenvalue weighted by molar-refractivity contribution is 8.01. The Morgan fingerprint density at radius 1 is 1.12 bits per heavy atom. The van der Waals surface area contributed by atoms with E-state index in [9.17, 15) is 19.5 Å². The predicted molar refractivity (Wildman–Crippen MR) is 164 cm³/mol. The molecule has 0 spiro atoms. The fourth-order valence-electron chi connectivity index (χ4n) is 6.99. The third-order valence-electron chi connectivity index (χ3n) is 9.15. The molecule has 0 bridgehead atoms. The molecule has 222 valence electrons. The standard InChI is InChI=1S/C33H34N4O5S/c1-33-29(32(41)37(33)26-15-17-42-27-13-6-5-10-23(26)27)36(19-43-33)31(40)28(38)25(18-20-8-3-2-4-9-20)35-30(39)22-11-7-12-24-21(22)14-16-34-24/h2-13,25-26,28-29,34,38H,14-19H2,1H3,(H,35,39)/t25-,26-,28-,29+,33?/m0/s1. The van der Waals surface area contributed by atoms with Crippen LogP contribution in [0.5, 0.6) is 5.75 Å². The highest BCUT2D eigenvalue weighted by Gasteiger charge is 2.67. The number of carbonyl (C=O) groups excluding carboxylic acids is 3. The average Bonchev–Trinajstić information content (AvgIpc) is 3.63. The van der Waals surface area contributed by atoms with Gasteiger partial charge in [-0.3, -0.25) is 14.4 Å². The Bertz CT molecular complexity index is 1580. The van der Waals surface area contributed by atoms with E-state index in [0.717, 1.165) is 41.1 Å². The molecule has 4 aliphatic heterocycles. The summed E-state index contributed by atoms with van der Waals surface area (Å²) in [5.41, 5.74) is 4.24. The lowest BCUT2D eigenvalue weighted by molar-refractivity contribution is -0.172. The molecule has 43 heavy (non-hydrogen) atoms. The quantitative estimate of drug-likeness (QED) is 0.358. The molecule has 3 aromatic rings. The van der Waals surface area contributed by atoms with Gasteiger partial charge in [-0.2, -0.15) is 0 Å². The fourth-order valence-corrected chi connectivity index (χ4v) is 8.41. The van der Waals surface area contributed by atoms with E-state index in [2.05, 4.69) is 10.6 Å². The van der Waals surface area contributed by atoms with Crippen LogP contribution in [0.25, 0.3) is 0 Å². The van der Waals surface area contributed by atoms with E-state index in [-0.39, 0.29) is 30.2 Å². The van der Waals surface area contributed by atoms with E-state index in [4.69, 9.17) is 4.74 Å². The lowest BCUT2D eigenvalue weighted by Gasteiger charge is -2.56. The van der Waals surface area contributed by atoms with Crippen molar-refractivity contribution >= 4 is 35.2 Å². The highest BCUT2D eigenvalue weighted by Crippen LogP contribution is 2.55. The maximum absolute atomic E-state index is 14.0. The van der Waals surface area contributed by atoms with E-state index in [1.165, 1.54) is 16.7 Å². The molecule has 2 fully saturated rings. The van der Waals surface area contributed by atoms with Crippen LogP contribution in [0.1, 0.15) is 46.4 Å². The van der Waals surface area contributed by atoms with Crippen LogP contribution >= 0.6 is 11.8 Å². The minimum absolute atomic E-state index is 0.134. The molecule has 5 atom stereocenters. The topological polar surface area (TPSA) is 111 Å². The first-order valence-electron chi connectivity index (χ1n) is 14.7. The van der Waals surface area contributed by atoms with Gasteiger partial charge in [0.25, 0.3) is 11.8 Å². The van der Waals surface area contributed by atoms with Crippen LogP contribution in [0.15, 0.2) is 72.8 Å². The Hall–Kier alpha value is -4.02. The molecule has 0 aromatic heterocycles. The van der Waals surface area contributed by atoms with Gasteiger partial charge in [0.15, 0.2) is 6.10 Å². The van der Waals surface area contributed by atoms with Gasteiger partial charge >= 0.3 is 0 Å². The summed E-state index contributed by atoms with van der Waals surface area (Å²) in [4.78, 5) is 44.0. The molecule has 0 radical (unpaired) electrons. The predicted octanol–water partition coefficient (Wildman–Crippen LogP) is 3.34. The third-order valence-corrected chi connectivity index (χ3v) is 10.6. The third kappa shape index (κ3) is 4.64. The number of amides is 3. The van der Waals surface area contributed by atoms with Crippen molar-refractivity contribution in [2.75, 3.05) is 24.3 Å². The van der Waals surface area contributed by atoms with E-state index in [1.807, 2.05) is 78.6 Å². The SMILES string of the molecule is CC12SCN(C(=O)[C@@H](O)[C@H](Cc3ccccc3)NC(=O)c3cccc4c3CCN4)[C@@H]1C(=O)N2[C@H]1CCOc2ccccc21. The number of carbonyl (C=O) groups is 3. The molecule has 0 aliphatic carbocycles. The van der Waals surface area contributed by atoms with Gasteiger partial charge in [0.05, 0.1) is 24.6 Å². The summed E-state index contributed by atoms with van der Waals surface area (Å²) in [7, 11) is 0. The summed E-state index contributed by atoms with van der Waals surface area (Å²) >= 11 is 1.53. The van der Waals surface area contributed by atoms with Gasteiger partial charge in [-0.1, -0.05) is 54.6 Å². The lowest BCUT2D eigenvalue weighted by atomic mass is 9.87. The van der Waals surface area contributed by atoms with Gasteiger partial charge in [-0.25, -0.2) is 0 Å². The Morgan fingerprint density at radius 2 is 1.91 bits per heavy atom. The van der Waals surface area contributed by atoms with Crippen molar-refractivity contribution in [3.8, 4) is 5.75 Å². The Morgan fingerprint density at radius 3 is 2.74 bits per heavy atom. The molecular weight excluding hydrogens is 564 g/mol. The number of β-lactam (4-membered cyclic amide) rings is 1. The van der Waals surface area contributed by atoms with Crippen molar-refractivity contribution in [3.63, 3.8) is 0 Å². The second-order valence-corrected chi connectivity index (χ2v) is 13.0. The molecule has 10 heteroatoms. The monoisotopic (exact) mass is 598 g/mol. The minimum Gasteiger partial charge on any atom is -0.493 e. The largest absolute Gasteiger partial charge is 0.493 e. The van der Waals surface area contributed by atoms with Gasteiger partial charge in [0.2, 0.25) is 5.91 Å². The smallest absolute Gasteiger partial charge is 0.255 e. The summed E-state index contributed by atoms with van der Waals surface area (Å²) in [6.07, 6.45) is 0.124. The van der Waals surface area contributed by atoms with Gasteiger partial charge in [0, 0.05) is 29.8 Å². The van der Waals surface area contributed by atoms with E-state index < -0.39 is 29.0 Å². The number of anilines is 1. The van der Waals surface area contributed by atoms with Crippen LogP contribution < -0.4 is 15.4 Å². The van der Waals surface area contributed by atoms with Crippen molar-refractivity contribution in [3.05, 3.63) is 95.1 Å². The Labute approximate surface area is 254 Å². The summed E-state index contributed by atoms with van der Waals surface area (Å²) in [5, 5.41) is 17.8. The van der Waals surface area contributed by atoms with E-state index >= 15 is 0 Å². The zero-order chi connectivity index (χ0) is 29.7. The maximum atomic E-state index is 14.0. The molecule has 9 nitrogen and oxygen atoms in total. The molecule has 2 saturated heterocycles. The molecule has 4 aliphatic rings. The zero-order valence-corrected chi connectivity index (χ0v) is 24.7. The number of benzene rings is 3. The van der Waals surface area contributed by atoms with E-state index in [1.54, 1.807) is 6.07 Å². The molecule has 4 heterocycles. The molecule has 0 saturated carbocycles. The number of hydrogen-bond donors (Lipinski definition) is 3. The molecular formula is C33H34N4O5S. The van der Waals surface area contributed by atoms with Gasteiger partial charge in [-0.05, 0) is 49.1 Å². The van der Waals surface area contributed by atoms with Crippen molar-refractivity contribution in [2.45, 2.75) is 55.3 Å². The molecule has 3 N–H and O–H groups in total. The normalized spacial score (nSPS) is 24.9. The molecule has 1 unspecified atom stereocenters. The second-order valence-electron chi connectivity index (χ2n) is 11.7. The number of nitrogens with one attached hydrogen (secondary N) is 2. The number of aliphatic hydroxyl groups is 1. The molecule has 3 amide bonds. The number of rotatable bonds is 7. The minimum atomic E-state index is -1.53. The number of ether oxygens (including phenoxy) is 1. The Kier molecular flexibility index (Phi) is 7.05. The number of likely N-dealkylation sites (tertiary alicyclic amines) is 1. The van der Waals surface area contributed by atoms with Crippen LogP contribution in [0.2, 0.25) is 0 Å². The van der Waals surface area contributed by atoms with Crippen LogP contribution in [0, 0.1) is 0 Å². The van der Waals surface area contributed by atoms with E-state index in [0.29, 0.717) is 18.6 Å². The summed E-state index contributed by atoms with van der Waals surface area (Å²) in [6, 6.07) is 21.1. The van der Waals surface area contributed by atoms with Gasteiger partial charge in [0.1, 0.15) is 16.7 Å². The van der Waals surface area contributed by atoms with Crippen molar-refractivity contribution in [1.82, 2.24) is 15.1 Å². The van der Waals surface area contributed by atoms with Gasteiger partial charge in [-0.15, -0.1) is 11.8 Å². The van der Waals surface area contributed by atoms with Crippen molar-refractivity contribution in [2.24, 2.45) is 0 Å². The maximum Gasteiger partial charge on any atom is 0.255 e. The first-order valence-corrected chi connectivity index (χ1v) is 15.7. The fraction of sp³-hybridized carbons (Fsp3) is 0.364. The number of thioether (sulfide) groups is 1. The second kappa shape index (κ2) is 10.9. The first kappa shape index (κ1) is 27.8. The average molecular weight is 599 g/mol. The van der Waals surface area contributed by atoms with Crippen molar-refractivity contribution < 1.29 is 24.2 Å². The van der Waals surface area contributed by atoms with Crippen LogP contribution in [0.3, 0.4) is 0 Å². The van der Waals surface area contributed by atoms with Gasteiger partial charge < -0.3 is 30.3 Å². The molecule has 7 rings (SSSR count). The van der Waals surface area contributed by atoms with Crippen LogP contribution in [-0.2, 0) is 22.4 Å². The first-order chi connectivity index (χ1) is 20.9. The number of hydrogen-bond acceptors (Lipinski definition) is 7. The number of para-hydroxylation sites is 1. The number of aliphatic hydroxyl groups excluding tert-OH is 1. The molecule has 3 aromatic carbocycles. The Balaban J connectivity index is 1.12. The number of fused-ring (bicyclic) bond motifs is 3. The zero-order valence-electron chi connectivity index (χ0n) is 23.9. The summed E-state index contributed by atoms with van der Waals surface area (Å²) < 4.78 is 5.83. The van der Waals surface area contributed by atoms with Crippen molar-refractivity contribution in [1.29, 1.82) is 0 Å². The van der Waals surface area contributed by atoms with Crippen LogP contribution in [0.4, 0.5) is 5.69 Å². The highest BCUT2D eigenvalue weighted by atomic mass is 32.2. The lowest BCUT2D eigenvalue weighted by Crippen LogP contribution is -2.74. The van der Waals surface area contributed by atoms with Crippen LogP contribution in [-0.4, -0.2) is 74.7 Å². The summed E-state index contributed by atoms with van der Waals surface area (Å²) in [5.74, 6) is 0.0319. The summed E-state index contributed by atoms with van der Waals surface area (Å²) in [6.45, 7) is 3.26.